The van der Waals surface area contributed by atoms with Crippen LogP contribution in [0.15, 0.2) is 53.4 Å². The number of carbonyl (C=O) groups excluding carboxylic acids is 2. The first-order chi connectivity index (χ1) is 15.2. The number of hydrogen-bond acceptors (Lipinski definition) is 7. The number of ether oxygens (including phenoxy) is 3. The van der Waals surface area contributed by atoms with E-state index >= 15 is 0 Å². The highest BCUT2D eigenvalue weighted by Gasteiger charge is 2.50. The summed E-state index contributed by atoms with van der Waals surface area (Å²) in [6.45, 7) is 1.61. The molecule has 2 aliphatic heterocycles. The summed E-state index contributed by atoms with van der Waals surface area (Å²) < 4.78 is 44.6. The second-order valence-electron chi connectivity index (χ2n) is 7.48. The van der Waals surface area contributed by atoms with Gasteiger partial charge >= 0.3 is 6.09 Å². The summed E-state index contributed by atoms with van der Waals surface area (Å²) in [5, 5.41) is 3.02. The van der Waals surface area contributed by atoms with Crippen LogP contribution in [-0.2, 0) is 24.2 Å². The largest absolute Gasteiger partial charge is 0.441 e. The minimum atomic E-state index is -3.80. The van der Waals surface area contributed by atoms with E-state index in [0.717, 1.165) is 0 Å². The third-order valence-electron chi connectivity index (χ3n) is 5.23. The summed E-state index contributed by atoms with van der Waals surface area (Å²) in [7, 11) is -3.80. The highest BCUT2D eigenvalue weighted by atomic mass is 35.5. The van der Waals surface area contributed by atoms with Crippen LogP contribution in [0.4, 0.5) is 10.5 Å². The summed E-state index contributed by atoms with van der Waals surface area (Å²) >= 11 is 5.82. The number of rotatable bonds is 6. The molecule has 0 radical (unpaired) electrons. The van der Waals surface area contributed by atoms with E-state index in [0.29, 0.717) is 16.3 Å². The van der Waals surface area contributed by atoms with Gasteiger partial charge in [0, 0.05) is 16.3 Å². The van der Waals surface area contributed by atoms with E-state index in [-0.39, 0.29) is 23.9 Å². The predicted octanol–water partition coefficient (Wildman–Crippen LogP) is 2.60. The van der Waals surface area contributed by atoms with Gasteiger partial charge in [0.05, 0.1) is 24.2 Å². The summed E-state index contributed by atoms with van der Waals surface area (Å²) in [4.78, 5) is 23.7. The van der Waals surface area contributed by atoms with E-state index in [1.165, 1.54) is 31.2 Å². The van der Waals surface area contributed by atoms with Crippen molar-refractivity contribution in [3.63, 3.8) is 0 Å². The number of anilines is 1. The number of benzene rings is 2. The molecule has 0 spiro atoms. The van der Waals surface area contributed by atoms with E-state index in [9.17, 15) is 18.0 Å². The summed E-state index contributed by atoms with van der Waals surface area (Å²) in [6.07, 6.45) is -2.59. The minimum absolute atomic E-state index is 0.0746. The van der Waals surface area contributed by atoms with Crippen molar-refractivity contribution in [2.24, 2.45) is 0 Å². The molecule has 1 amide bonds. The first-order valence-electron chi connectivity index (χ1n) is 9.83. The lowest BCUT2D eigenvalue weighted by Gasteiger charge is -2.18. The third-order valence-corrected chi connectivity index (χ3v) is 6.99. The van der Waals surface area contributed by atoms with Crippen molar-refractivity contribution >= 4 is 39.2 Å². The maximum atomic E-state index is 12.6. The lowest BCUT2D eigenvalue weighted by atomic mass is 10.1. The fraction of sp³-hybridized carbons (Fsp3) is 0.333. The van der Waals surface area contributed by atoms with Crippen LogP contribution in [0.5, 0.6) is 0 Å². The molecule has 2 aromatic carbocycles. The van der Waals surface area contributed by atoms with Crippen molar-refractivity contribution in [3.05, 3.63) is 59.1 Å². The molecule has 4 rings (SSSR count). The Balaban J connectivity index is 1.34. The first-order valence-corrected chi connectivity index (χ1v) is 11.7. The normalized spacial score (nSPS) is 24.7. The molecule has 2 fully saturated rings. The van der Waals surface area contributed by atoms with Gasteiger partial charge in [0.15, 0.2) is 11.9 Å². The molecule has 4 atom stereocenters. The molecule has 9 nitrogen and oxygen atoms in total. The van der Waals surface area contributed by atoms with E-state index < -0.39 is 40.5 Å². The molecular weight excluding hydrogens is 460 g/mol. The van der Waals surface area contributed by atoms with Crippen molar-refractivity contribution in [1.82, 2.24) is 4.72 Å². The molecular formula is C21H21ClN2O7S. The molecule has 2 saturated heterocycles. The predicted molar refractivity (Wildman–Crippen MR) is 115 cm³/mol. The topological polar surface area (TPSA) is 120 Å². The van der Waals surface area contributed by atoms with Crippen LogP contribution in [0.3, 0.4) is 0 Å². The van der Waals surface area contributed by atoms with Crippen LogP contribution in [-0.4, -0.2) is 57.9 Å². The minimum Gasteiger partial charge on any atom is -0.441 e. The highest BCUT2D eigenvalue weighted by Crippen LogP contribution is 2.30. The van der Waals surface area contributed by atoms with Gasteiger partial charge in [-0.3, -0.25) is 10.1 Å². The fourth-order valence-corrected chi connectivity index (χ4v) is 4.98. The van der Waals surface area contributed by atoms with Gasteiger partial charge in [-0.05, 0) is 55.5 Å². The van der Waals surface area contributed by atoms with Crippen molar-refractivity contribution in [3.8, 4) is 0 Å². The quantitative estimate of drug-likeness (QED) is 0.610. The van der Waals surface area contributed by atoms with Gasteiger partial charge in [0.2, 0.25) is 10.0 Å². The van der Waals surface area contributed by atoms with Gasteiger partial charge in [0.1, 0.15) is 12.2 Å². The fourth-order valence-electron chi connectivity index (χ4n) is 3.62. The molecule has 11 heteroatoms. The Morgan fingerprint density at radius 2 is 1.66 bits per heavy atom. The van der Waals surface area contributed by atoms with Crippen LogP contribution in [0.1, 0.15) is 17.3 Å². The number of halogens is 1. The van der Waals surface area contributed by atoms with Gasteiger partial charge in [0.25, 0.3) is 0 Å². The van der Waals surface area contributed by atoms with Crippen molar-refractivity contribution in [2.75, 3.05) is 18.5 Å². The Labute approximate surface area is 190 Å². The number of sulfonamides is 1. The summed E-state index contributed by atoms with van der Waals surface area (Å²) in [5.74, 6) is -0.0760. The molecule has 2 aliphatic rings. The highest BCUT2D eigenvalue weighted by molar-refractivity contribution is 7.89. The number of fused-ring (bicyclic) bond motifs is 1. The maximum absolute atomic E-state index is 12.6. The van der Waals surface area contributed by atoms with Crippen LogP contribution in [0.25, 0.3) is 0 Å². The molecule has 0 aliphatic carbocycles. The number of ketones is 1. The van der Waals surface area contributed by atoms with Gasteiger partial charge in [-0.25, -0.2) is 17.9 Å². The summed E-state index contributed by atoms with van der Waals surface area (Å²) in [6, 6.07) is 11.6. The second kappa shape index (κ2) is 9.16. The zero-order valence-corrected chi connectivity index (χ0v) is 18.6. The van der Waals surface area contributed by atoms with Gasteiger partial charge < -0.3 is 14.2 Å². The van der Waals surface area contributed by atoms with Crippen molar-refractivity contribution < 1.29 is 32.2 Å². The van der Waals surface area contributed by atoms with E-state index in [4.69, 9.17) is 25.8 Å². The SMILES string of the molecule is CC(=O)c1ccc(NC(=O)O[C@@H]2CO[C@H]3[C@@H]2OC[C@@H]3NS(=O)(=O)c2ccc(Cl)cc2)cc1. The maximum Gasteiger partial charge on any atom is 0.412 e. The smallest absolute Gasteiger partial charge is 0.412 e. The zero-order chi connectivity index (χ0) is 22.9. The lowest BCUT2D eigenvalue weighted by molar-refractivity contribution is 0.00883. The number of amides is 1. The standard InChI is InChI=1S/C21H21ClN2O7S/c1-12(25)13-2-6-15(7-3-13)23-21(26)31-18-11-30-19-17(10-29-20(18)19)24-32(27,28)16-8-4-14(22)5-9-16/h2-9,17-20,24H,10-11H2,1H3,(H,23,26)/t17-,18+,19+,20+/m0/s1. The molecule has 170 valence electrons. The van der Waals surface area contributed by atoms with Crippen molar-refractivity contribution in [2.45, 2.75) is 36.2 Å². The van der Waals surface area contributed by atoms with E-state index in [2.05, 4.69) is 10.0 Å². The van der Waals surface area contributed by atoms with Crippen LogP contribution in [0, 0.1) is 0 Å². The number of Topliss-reactive ketones (excluding diaryl/α,β-unsaturated/α-hetero) is 1. The van der Waals surface area contributed by atoms with E-state index in [1.54, 1.807) is 24.3 Å². The Hall–Kier alpha value is -2.50. The van der Waals surface area contributed by atoms with Crippen LogP contribution >= 0.6 is 11.6 Å². The monoisotopic (exact) mass is 480 g/mol. The van der Waals surface area contributed by atoms with Gasteiger partial charge in [-0.15, -0.1) is 0 Å². The van der Waals surface area contributed by atoms with Crippen LogP contribution in [0.2, 0.25) is 5.02 Å². The molecule has 0 saturated carbocycles. The molecule has 32 heavy (non-hydrogen) atoms. The lowest BCUT2D eigenvalue weighted by Crippen LogP contribution is -2.44. The molecule has 2 aromatic rings. The average Bonchev–Trinajstić information content (AvgIpc) is 3.32. The Morgan fingerprint density at radius 1 is 1.00 bits per heavy atom. The van der Waals surface area contributed by atoms with Crippen LogP contribution < -0.4 is 10.0 Å². The molecule has 0 aromatic heterocycles. The Kier molecular flexibility index (Phi) is 6.50. The Morgan fingerprint density at radius 3 is 2.31 bits per heavy atom. The molecule has 2 heterocycles. The van der Waals surface area contributed by atoms with Gasteiger partial charge in [-0.2, -0.15) is 0 Å². The Bertz CT molecular complexity index is 1110. The number of hydrogen-bond donors (Lipinski definition) is 2. The van der Waals surface area contributed by atoms with E-state index in [1.807, 2.05) is 0 Å². The number of nitrogens with one attached hydrogen (secondary N) is 2. The van der Waals surface area contributed by atoms with Gasteiger partial charge in [-0.1, -0.05) is 11.6 Å². The van der Waals surface area contributed by atoms with Crippen molar-refractivity contribution in [1.29, 1.82) is 0 Å². The average molecular weight is 481 g/mol. The molecule has 0 unspecified atom stereocenters. The molecule has 2 N–H and O–H groups in total. The summed E-state index contributed by atoms with van der Waals surface area (Å²) in [5.41, 5.74) is 0.999. The molecule has 0 bridgehead atoms. The number of carbonyl (C=O) groups is 2. The third kappa shape index (κ3) is 4.94. The zero-order valence-electron chi connectivity index (χ0n) is 17.0. The second-order valence-corrected chi connectivity index (χ2v) is 9.63. The first kappa shape index (κ1) is 22.7.